The lowest BCUT2D eigenvalue weighted by molar-refractivity contribution is -0.0591. The predicted molar refractivity (Wildman–Crippen MR) is 165 cm³/mol. The number of halogens is 3. The first kappa shape index (κ1) is 25.3. The summed E-state index contributed by atoms with van der Waals surface area (Å²) in [5, 5.41) is 6.33. The average Bonchev–Trinajstić information content (AvgIpc) is 3.68. The summed E-state index contributed by atoms with van der Waals surface area (Å²) in [5.74, 6) is -0.350. The van der Waals surface area contributed by atoms with Crippen molar-refractivity contribution < 1.29 is 17.6 Å². The minimum absolute atomic E-state index is 0.154. The van der Waals surface area contributed by atoms with E-state index in [2.05, 4.69) is 29.4 Å². The van der Waals surface area contributed by atoms with E-state index in [1.54, 1.807) is 48.7 Å². The Morgan fingerprint density at radius 2 is 1.28 bits per heavy atom. The van der Waals surface area contributed by atoms with Crippen LogP contribution < -0.4 is 0 Å². The maximum atomic E-state index is 14.5. The van der Waals surface area contributed by atoms with Gasteiger partial charge in [-0.2, -0.15) is 18.3 Å². The largest absolute Gasteiger partial charge is 0.454 e. The molecule has 7 aromatic rings. The van der Waals surface area contributed by atoms with Crippen LogP contribution in [0.25, 0.3) is 43.9 Å². The molecule has 2 aromatic heterocycles. The zero-order chi connectivity index (χ0) is 29.1. The standard InChI is InChI=1S/C36H22F3N3O/c37-36(38,39)35(41-42-30-15-7-5-11-26(30)27-12-6-8-16-31(27)42)33-20-23-19-22(17-18-32(23)43-33)21-40-34-28-13-3-1-9-24(28)25-10-2-4-14-29(25)34/h1-21,34H. The van der Waals surface area contributed by atoms with Crippen molar-refractivity contribution in [3.8, 4) is 11.1 Å². The molecule has 0 bridgehead atoms. The number of alkyl halides is 3. The molecule has 0 amide bonds. The molecule has 43 heavy (non-hydrogen) atoms. The highest BCUT2D eigenvalue weighted by Gasteiger charge is 2.40. The normalized spacial score (nSPS) is 13.9. The van der Waals surface area contributed by atoms with E-state index < -0.39 is 11.9 Å². The molecule has 7 heteroatoms. The van der Waals surface area contributed by atoms with Gasteiger partial charge in [-0.15, -0.1) is 0 Å². The van der Waals surface area contributed by atoms with Gasteiger partial charge in [0, 0.05) is 22.4 Å². The van der Waals surface area contributed by atoms with E-state index in [-0.39, 0.29) is 11.8 Å². The third kappa shape index (κ3) is 4.15. The van der Waals surface area contributed by atoms with Crippen molar-refractivity contribution in [3.05, 3.63) is 144 Å². The fourth-order valence-corrected chi connectivity index (χ4v) is 6.06. The molecule has 0 atom stereocenters. The van der Waals surface area contributed by atoms with E-state index >= 15 is 0 Å². The van der Waals surface area contributed by atoms with Crippen LogP contribution in [0.1, 0.15) is 28.5 Å². The summed E-state index contributed by atoms with van der Waals surface area (Å²) in [7, 11) is 0. The van der Waals surface area contributed by atoms with Gasteiger partial charge < -0.3 is 4.42 Å². The maximum Gasteiger partial charge on any atom is 0.438 e. The maximum absolute atomic E-state index is 14.5. The molecule has 0 saturated heterocycles. The molecule has 0 saturated carbocycles. The third-order valence-corrected chi connectivity index (χ3v) is 7.97. The molecule has 1 aliphatic rings. The van der Waals surface area contributed by atoms with Crippen LogP contribution in [-0.4, -0.2) is 22.8 Å². The summed E-state index contributed by atoms with van der Waals surface area (Å²) in [6.07, 6.45) is -2.99. The molecule has 0 radical (unpaired) electrons. The number of benzene rings is 5. The highest BCUT2D eigenvalue weighted by molar-refractivity contribution is 6.10. The van der Waals surface area contributed by atoms with Gasteiger partial charge in [0.1, 0.15) is 11.6 Å². The quantitative estimate of drug-likeness (QED) is 0.195. The van der Waals surface area contributed by atoms with Crippen molar-refractivity contribution >= 4 is 44.7 Å². The van der Waals surface area contributed by atoms with Crippen molar-refractivity contribution in [3.63, 3.8) is 0 Å². The monoisotopic (exact) mass is 569 g/mol. The van der Waals surface area contributed by atoms with Gasteiger partial charge in [-0.3, -0.25) is 4.99 Å². The minimum Gasteiger partial charge on any atom is -0.454 e. The Bertz CT molecular complexity index is 2160. The van der Waals surface area contributed by atoms with Crippen LogP contribution in [0.4, 0.5) is 13.2 Å². The minimum atomic E-state index is -4.76. The van der Waals surface area contributed by atoms with Crippen molar-refractivity contribution in [2.45, 2.75) is 12.2 Å². The molecule has 0 spiro atoms. The Labute approximate surface area is 244 Å². The summed E-state index contributed by atoms with van der Waals surface area (Å²) in [5.41, 5.74) is 5.73. The van der Waals surface area contributed by atoms with Crippen LogP contribution in [0.3, 0.4) is 0 Å². The molecule has 5 aromatic carbocycles. The van der Waals surface area contributed by atoms with Gasteiger partial charge in [-0.1, -0.05) is 84.9 Å². The Hall–Kier alpha value is -5.43. The second-order valence-corrected chi connectivity index (χ2v) is 10.6. The topological polar surface area (TPSA) is 42.8 Å². The second-order valence-electron chi connectivity index (χ2n) is 10.6. The molecule has 0 unspecified atom stereocenters. The Morgan fingerprint density at radius 1 is 0.698 bits per heavy atom. The summed E-state index contributed by atoms with van der Waals surface area (Å²) in [6.45, 7) is 0. The van der Waals surface area contributed by atoms with Crippen molar-refractivity contribution in [1.29, 1.82) is 0 Å². The van der Waals surface area contributed by atoms with Crippen LogP contribution in [-0.2, 0) is 0 Å². The Morgan fingerprint density at radius 3 is 1.91 bits per heavy atom. The smallest absolute Gasteiger partial charge is 0.438 e. The van der Waals surface area contributed by atoms with Gasteiger partial charge in [-0.05, 0) is 64.2 Å². The van der Waals surface area contributed by atoms with E-state index in [9.17, 15) is 13.2 Å². The SMILES string of the molecule is FC(F)(F)C(=Nn1c2ccccc2c2ccccc21)c1cc2cc(C=NC3c4ccccc4-c4ccccc43)ccc2o1. The number of fused-ring (bicyclic) bond motifs is 7. The zero-order valence-electron chi connectivity index (χ0n) is 22.6. The first-order valence-electron chi connectivity index (χ1n) is 13.9. The highest BCUT2D eigenvalue weighted by Crippen LogP contribution is 2.45. The van der Waals surface area contributed by atoms with E-state index in [1.807, 2.05) is 48.5 Å². The van der Waals surface area contributed by atoms with Crippen LogP contribution in [0.15, 0.2) is 136 Å². The predicted octanol–water partition coefficient (Wildman–Crippen LogP) is 9.54. The number of aliphatic imine (C=N–C) groups is 1. The van der Waals surface area contributed by atoms with Crippen LogP contribution >= 0.6 is 0 Å². The Kier molecular flexibility index (Phi) is 5.62. The van der Waals surface area contributed by atoms with Gasteiger partial charge in [0.2, 0.25) is 5.71 Å². The second kappa shape index (κ2) is 9.56. The van der Waals surface area contributed by atoms with Gasteiger partial charge >= 0.3 is 6.18 Å². The molecule has 2 heterocycles. The number of nitrogens with zero attached hydrogens (tertiary/aromatic N) is 3. The van der Waals surface area contributed by atoms with E-state index in [0.717, 1.165) is 38.6 Å². The summed E-state index contributed by atoms with van der Waals surface area (Å²) >= 11 is 0. The van der Waals surface area contributed by atoms with Crippen molar-refractivity contribution in [1.82, 2.24) is 4.68 Å². The summed E-state index contributed by atoms with van der Waals surface area (Å²) in [4.78, 5) is 4.91. The number of para-hydroxylation sites is 2. The molecular formula is C36H22F3N3O. The van der Waals surface area contributed by atoms with Crippen molar-refractivity contribution in [2.24, 2.45) is 10.1 Å². The average molecular weight is 570 g/mol. The van der Waals surface area contributed by atoms with Gasteiger partial charge in [0.25, 0.3) is 0 Å². The Balaban J connectivity index is 1.20. The van der Waals surface area contributed by atoms with E-state index in [0.29, 0.717) is 22.0 Å². The van der Waals surface area contributed by atoms with Crippen LogP contribution in [0, 0.1) is 0 Å². The van der Waals surface area contributed by atoms with E-state index in [1.165, 1.54) is 10.7 Å². The molecule has 0 fully saturated rings. The lowest BCUT2D eigenvalue weighted by Crippen LogP contribution is -2.24. The fraction of sp³-hybridized carbons (Fsp3) is 0.0556. The highest BCUT2D eigenvalue weighted by atomic mass is 19.4. The van der Waals surface area contributed by atoms with Gasteiger partial charge in [0.15, 0.2) is 5.76 Å². The van der Waals surface area contributed by atoms with Gasteiger partial charge in [-0.25, -0.2) is 4.68 Å². The van der Waals surface area contributed by atoms with Gasteiger partial charge in [0.05, 0.1) is 11.0 Å². The summed E-state index contributed by atoms with van der Waals surface area (Å²) < 4.78 is 50.6. The molecule has 1 aliphatic carbocycles. The molecular weight excluding hydrogens is 547 g/mol. The molecule has 208 valence electrons. The number of aromatic nitrogens is 1. The molecule has 8 rings (SSSR count). The van der Waals surface area contributed by atoms with E-state index in [4.69, 9.17) is 9.41 Å². The fourth-order valence-electron chi connectivity index (χ4n) is 6.06. The molecule has 0 aliphatic heterocycles. The lowest BCUT2D eigenvalue weighted by Gasteiger charge is -2.09. The molecule has 0 N–H and O–H groups in total. The first-order chi connectivity index (χ1) is 21.0. The number of hydrogen-bond donors (Lipinski definition) is 0. The first-order valence-corrected chi connectivity index (χ1v) is 13.9. The number of hydrogen-bond acceptors (Lipinski definition) is 3. The number of furan rings is 1. The number of rotatable bonds is 4. The molecule has 4 nitrogen and oxygen atoms in total. The van der Waals surface area contributed by atoms with Crippen LogP contribution in [0.5, 0.6) is 0 Å². The summed E-state index contributed by atoms with van der Waals surface area (Å²) in [6, 6.07) is 37.5. The van der Waals surface area contributed by atoms with Crippen molar-refractivity contribution in [2.75, 3.05) is 0 Å². The lowest BCUT2D eigenvalue weighted by atomic mass is 10.1. The zero-order valence-corrected chi connectivity index (χ0v) is 22.6. The third-order valence-electron chi connectivity index (χ3n) is 7.97. The van der Waals surface area contributed by atoms with Crippen LogP contribution in [0.2, 0.25) is 0 Å².